The van der Waals surface area contributed by atoms with E-state index in [1.165, 1.54) is 51.4 Å². The van der Waals surface area contributed by atoms with Gasteiger partial charge < -0.3 is 14.4 Å². The first-order chi connectivity index (χ1) is 11.9. The van der Waals surface area contributed by atoms with E-state index in [4.69, 9.17) is 9.47 Å². The van der Waals surface area contributed by atoms with Crippen molar-refractivity contribution in [3.8, 4) is 0 Å². The van der Waals surface area contributed by atoms with E-state index in [2.05, 4.69) is 39.6 Å². The van der Waals surface area contributed by atoms with Crippen LogP contribution in [-0.2, 0) is 9.47 Å². The summed E-state index contributed by atoms with van der Waals surface area (Å²) in [5.41, 5.74) is 0.440. The van der Waals surface area contributed by atoms with Crippen LogP contribution in [0.4, 0.5) is 0 Å². The van der Waals surface area contributed by atoms with Gasteiger partial charge in [0.05, 0.1) is 12.7 Å². The average molecular weight is 352 g/mol. The van der Waals surface area contributed by atoms with Gasteiger partial charge >= 0.3 is 0 Å². The molecule has 0 aromatic carbocycles. The maximum absolute atomic E-state index is 6.59. The molecule has 1 aliphatic heterocycles. The Balaban J connectivity index is 1.53. The molecular formula is C22H41NO2. The topological polar surface area (TPSA) is 21.7 Å². The molecule has 4 atom stereocenters. The molecule has 0 aromatic rings. The number of ether oxygens (including phenoxy) is 2. The maximum atomic E-state index is 6.59. The van der Waals surface area contributed by atoms with E-state index in [1.54, 1.807) is 0 Å². The molecule has 2 saturated carbocycles. The first-order valence-electron chi connectivity index (χ1n) is 10.9. The van der Waals surface area contributed by atoms with Crippen LogP contribution in [0, 0.1) is 17.3 Å². The van der Waals surface area contributed by atoms with Crippen LogP contribution in [0.5, 0.6) is 0 Å². The van der Waals surface area contributed by atoms with Crippen LogP contribution in [0.2, 0.25) is 0 Å². The minimum absolute atomic E-state index is 0.255. The summed E-state index contributed by atoms with van der Waals surface area (Å²) in [7, 11) is 2.29. The molecule has 3 heteroatoms. The molecule has 0 N–H and O–H groups in total. The zero-order valence-corrected chi connectivity index (χ0v) is 17.4. The molecule has 3 fully saturated rings. The largest absolute Gasteiger partial charge is 0.347 e. The van der Waals surface area contributed by atoms with Crippen molar-refractivity contribution in [2.45, 2.75) is 103 Å². The lowest BCUT2D eigenvalue weighted by Gasteiger charge is -2.46. The highest BCUT2D eigenvalue weighted by molar-refractivity contribution is 4.94. The quantitative estimate of drug-likeness (QED) is 0.676. The third-order valence-electron chi connectivity index (χ3n) is 7.82. The van der Waals surface area contributed by atoms with Gasteiger partial charge in [0.1, 0.15) is 0 Å². The molecular weight excluding hydrogens is 310 g/mol. The van der Waals surface area contributed by atoms with E-state index in [0.717, 1.165) is 31.5 Å². The summed E-state index contributed by atoms with van der Waals surface area (Å²) in [6.45, 7) is 11.4. The predicted molar refractivity (Wildman–Crippen MR) is 104 cm³/mol. The summed E-state index contributed by atoms with van der Waals surface area (Å²) >= 11 is 0. The summed E-state index contributed by atoms with van der Waals surface area (Å²) in [5.74, 6) is 1.01. The molecule has 3 nitrogen and oxygen atoms in total. The number of hydrogen-bond acceptors (Lipinski definition) is 3. The lowest BCUT2D eigenvalue weighted by Crippen LogP contribution is -2.46. The Bertz CT molecular complexity index is 432. The highest BCUT2D eigenvalue weighted by atomic mass is 16.7. The molecule has 0 bridgehead atoms. The molecule has 0 radical (unpaired) electrons. The van der Waals surface area contributed by atoms with Crippen LogP contribution in [0.1, 0.15) is 85.5 Å². The number of likely N-dealkylation sites (N-methyl/N-ethyl adjacent to an activating group) is 1. The molecule has 25 heavy (non-hydrogen) atoms. The molecule has 0 amide bonds. The normalized spacial score (nSPS) is 37.9. The van der Waals surface area contributed by atoms with E-state index in [1.807, 2.05) is 0 Å². The molecule has 146 valence electrons. The van der Waals surface area contributed by atoms with Crippen LogP contribution in [0.25, 0.3) is 0 Å². The second-order valence-electron chi connectivity index (χ2n) is 9.81. The van der Waals surface area contributed by atoms with E-state index in [0.29, 0.717) is 11.3 Å². The number of rotatable bonds is 5. The minimum atomic E-state index is -0.293. The van der Waals surface area contributed by atoms with Gasteiger partial charge in [-0.1, -0.05) is 53.4 Å². The van der Waals surface area contributed by atoms with Crippen molar-refractivity contribution in [1.29, 1.82) is 0 Å². The van der Waals surface area contributed by atoms with Crippen molar-refractivity contribution < 1.29 is 9.47 Å². The second-order valence-corrected chi connectivity index (χ2v) is 9.81. The minimum Gasteiger partial charge on any atom is -0.347 e. The van der Waals surface area contributed by atoms with Crippen molar-refractivity contribution in [3.63, 3.8) is 0 Å². The molecule has 3 rings (SSSR count). The van der Waals surface area contributed by atoms with E-state index < -0.39 is 0 Å². The standard InChI is InChI=1S/C22H41NO2/c1-6-21(3,4)18-12-13-22(17(2)14-18)24-16-20(25-22)15-23(5)19-10-8-7-9-11-19/h17-20H,6-16H2,1-5H3. The van der Waals surface area contributed by atoms with Crippen molar-refractivity contribution in [3.05, 3.63) is 0 Å². The van der Waals surface area contributed by atoms with Crippen molar-refractivity contribution in [1.82, 2.24) is 4.90 Å². The van der Waals surface area contributed by atoms with Crippen molar-refractivity contribution in [2.24, 2.45) is 17.3 Å². The van der Waals surface area contributed by atoms with Gasteiger partial charge in [-0.15, -0.1) is 0 Å². The molecule has 3 aliphatic rings. The zero-order chi connectivity index (χ0) is 18.1. The Kier molecular flexibility index (Phi) is 6.17. The summed E-state index contributed by atoms with van der Waals surface area (Å²) in [5, 5.41) is 0. The highest BCUT2D eigenvalue weighted by Crippen LogP contribution is 2.49. The molecule has 4 unspecified atom stereocenters. The van der Waals surface area contributed by atoms with Gasteiger partial charge in [-0.2, -0.15) is 0 Å². The summed E-state index contributed by atoms with van der Waals surface area (Å²) < 4.78 is 12.9. The summed E-state index contributed by atoms with van der Waals surface area (Å²) in [6, 6.07) is 0.757. The van der Waals surface area contributed by atoms with Gasteiger partial charge in [-0.3, -0.25) is 0 Å². The van der Waals surface area contributed by atoms with Crippen LogP contribution in [-0.4, -0.2) is 43.0 Å². The number of nitrogens with zero attached hydrogens (tertiary/aromatic N) is 1. The SMILES string of the molecule is CCC(C)(C)C1CCC2(OCC(CN(C)C3CCCCC3)O2)C(C)C1. The Morgan fingerprint density at radius 3 is 2.48 bits per heavy atom. The van der Waals surface area contributed by atoms with Gasteiger partial charge in [0.15, 0.2) is 5.79 Å². The molecule has 1 spiro atoms. The van der Waals surface area contributed by atoms with Crippen molar-refractivity contribution >= 4 is 0 Å². The highest BCUT2D eigenvalue weighted by Gasteiger charge is 2.50. The van der Waals surface area contributed by atoms with Crippen LogP contribution in [0.3, 0.4) is 0 Å². The Hall–Kier alpha value is -0.120. The fraction of sp³-hybridized carbons (Fsp3) is 1.00. The van der Waals surface area contributed by atoms with Gasteiger partial charge in [0.25, 0.3) is 0 Å². The van der Waals surface area contributed by atoms with Crippen LogP contribution >= 0.6 is 0 Å². The lowest BCUT2D eigenvalue weighted by atomic mass is 9.65. The maximum Gasteiger partial charge on any atom is 0.171 e. The summed E-state index contributed by atoms with van der Waals surface area (Å²) in [6.07, 6.45) is 12.0. The van der Waals surface area contributed by atoms with Crippen molar-refractivity contribution in [2.75, 3.05) is 20.2 Å². The third kappa shape index (κ3) is 4.25. The second kappa shape index (κ2) is 7.86. The van der Waals surface area contributed by atoms with Gasteiger partial charge in [-0.25, -0.2) is 0 Å². The molecule has 1 heterocycles. The Labute approximate surface area is 155 Å². The smallest absolute Gasteiger partial charge is 0.171 e. The fourth-order valence-corrected chi connectivity index (χ4v) is 5.40. The average Bonchev–Trinajstić information content (AvgIpc) is 3.02. The first kappa shape index (κ1) is 19.6. The van der Waals surface area contributed by atoms with E-state index in [9.17, 15) is 0 Å². The zero-order valence-electron chi connectivity index (χ0n) is 17.4. The van der Waals surface area contributed by atoms with Gasteiger partial charge in [0, 0.05) is 24.9 Å². The molecule has 2 aliphatic carbocycles. The molecule has 1 saturated heterocycles. The third-order valence-corrected chi connectivity index (χ3v) is 7.82. The fourth-order valence-electron chi connectivity index (χ4n) is 5.40. The number of hydrogen-bond donors (Lipinski definition) is 0. The van der Waals surface area contributed by atoms with Gasteiger partial charge in [-0.05, 0) is 44.1 Å². The Morgan fingerprint density at radius 2 is 1.84 bits per heavy atom. The Morgan fingerprint density at radius 1 is 1.12 bits per heavy atom. The lowest BCUT2D eigenvalue weighted by molar-refractivity contribution is -0.228. The monoisotopic (exact) mass is 351 g/mol. The summed E-state index contributed by atoms with van der Waals surface area (Å²) in [4.78, 5) is 2.54. The van der Waals surface area contributed by atoms with E-state index in [-0.39, 0.29) is 11.9 Å². The van der Waals surface area contributed by atoms with Gasteiger partial charge in [0.2, 0.25) is 0 Å². The predicted octanol–water partition coefficient (Wildman–Crippen LogP) is 5.24. The van der Waals surface area contributed by atoms with E-state index >= 15 is 0 Å². The molecule has 0 aromatic heterocycles. The first-order valence-corrected chi connectivity index (χ1v) is 10.9. The van der Waals surface area contributed by atoms with Crippen LogP contribution in [0.15, 0.2) is 0 Å². The van der Waals surface area contributed by atoms with Crippen LogP contribution < -0.4 is 0 Å².